The van der Waals surface area contributed by atoms with Crippen molar-refractivity contribution in [3.8, 4) is 40.6 Å². The number of pyridine rings is 2. The van der Waals surface area contributed by atoms with Gasteiger partial charge in [-0.1, -0.05) is 70.6 Å². The van der Waals surface area contributed by atoms with Gasteiger partial charge in [-0.05, 0) is 54.1 Å². The Labute approximate surface area is 382 Å². The molecule has 300 valence electrons. The third-order valence-corrected chi connectivity index (χ3v) is 10.6. The maximum atomic E-state index is 6.51. The van der Waals surface area contributed by atoms with Gasteiger partial charge in [0.05, 0.1) is 0 Å². The Bertz CT molecular complexity index is 3410. The number of aromatic nitrogens is 9. The monoisotopic (exact) mass is 1160 g/mol. The van der Waals surface area contributed by atoms with Crippen LogP contribution in [0.2, 0.25) is 0 Å². The molecule has 6 aromatic heterocycles. The molecule has 0 N–H and O–H groups in total. The summed E-state index contributed by atoms with van der Waals surface area (Å²) in [5.41, 5.74) is 5.07. The minimum absolute atomic E-state index is 0. The summed E-state index contributed by atoms with van der Waals surface area (Å²) in [7, 11) is 0. The van der Waals surface area contributed by atoms with E-state index in [4.69, 9.17) is 9.47 Å². The Balaban J connectivity index is 0.00000229. The van der Waals surface area contributed by atoms with Crippen LogP contribution in [0.3, 0.4) is 0 Å². The molecule has 0 aliphatic heterocycles. The normalized spacial score (nSPS) is 11.4. The van der Waals surface area contributed by atoms with Crippen molar-refractivity contribution < 1.29 is 51.6 Å². The number of rotatable bonds is 7. The van der Waals surface area contributed by atoms with Gasteiger partial charge in [-0.3, -0.25) is 0 Å². The van der Waals surface area contributed by atoms with Gasteiger partial charge in [0.25, 0.3) is 5.95 Å². The molecular formula is C49H27N9O2Pt2. The largest absolute Gasteiger partial charge is 2.00 e. The van der Waals surface area contributed by atoms with Gasteiger partial charge in [-0.15, -0.1) is 79.7 Å². The van der Waals surface area contributed by atoms with Crippen LogP contribution < -0.4 is 9.47 Å². The molecule has 0 aliphatic carbocycles. The summed E-state index contributed by atoms with van der Waals surface area (Å²) in [6.45, 7) is 1.74. The average molecular weight is 1160 g/mol. The van der Waals surface area contributed by atoms with Crippen LogP contribution in [0.4, 0.5) is 0 Å². The van der Waals surface area contributed by atoms with E-state index in [9.17, 15) is 0 Å². The van der Waals surface area contributed by atoms with Crippen LogP contribution in [-0.2, 0) is 42.1 Å². The minimum atomic E-state index is 0. The van der Waals surface area contributed by atoms with Crippen molar-refractivity contribution in [3.63, 3.8) is 0 Å². The molecular weight excluding hydrogens is 1140 g/mol. The molecule has 11 nitrogen and oxygen atoms in total. The zero-order valence-electron chi connectivity index (χ0n) is 32.3. The van der Waals surface area contributed by atoms with E-state index in [1.807, 2.05) is 102 Å². The maximum Gasteiger partial charge on any atom is 2.00 e. The van der Waals surface area contributed by atoms with Crippen molar-refractivity contribution in [2.45, 2.75) is 6.92 Å². The fourth-order valence-corrected chi connectivity index (χ4v) is 8.06. The molecule has 0 unspecified atom stereocenters. The molecule has 0 aliphatic rings. The summed E-state index contributed by atoms with van der Waals surface area (Å²) in [6, 6.07) is 58.0. The van der Waals surface area contributed by atoms with E-state index >= 15 is 0 Å². The number of hydrogen-bond acceptors (Lipinski definition) is 8. The van der Waals surface area contributed by atoms with Gasteiger partial charge in [-0.2, -0.15) is 35.0 Å². The maximum absolute atomic E-state index is 6.51. The number of para-hydroxylation sites is 2. The van der Waals surface area contributed by atoms with Crippen molar-refractivity contribution in [2.75, 3.05) is 0 Å². The summed E-state index contributed by atoms with van der Waals surface area (Å²) in [5.74, 6) is 4.27. The first-order valence-corrected chi connectivity index (χ1v) is 19.2. The predicted molar refractivity (Wildman–Crippen MR) is 229 cm³/mol. The minimum Gasteiger partial charge on any atom is -0.509 e. The summed E-state index contributed by atoms with van der Waals surface area (Å²) < 4.78 is 19.0. The molecule has 13 heteroatoms. The van der Waals surface area contributed by atoms with E-state index in [0.29, 0.717) is 39.9 Å². The van der Waals surface area contributed by atoms with Crippen LogP contribution >= 0.6 is 0 Å². The molecule has 6 aromatic carbocycles. The molecule has 62 heavy (non-hydrogen) atoms. The van der Waals surface area contributed by atoms with Crippen LogP contribution in [0.15, 0.2) is 146 Å². The molecule has 0 saturated carbocycles. The molecule has 0 saturated heterocycles. The van der Waals surface area contributed by atoms with E-state index in [-0.39, 0.29) is 48.1 Å². The Morgan fingerprint density at radius 1 is 0.387 bits per heavy atom. The van der Waals surface area contributed by atoms with Crippen molar-refractivity contribution in [1.82, 2.24) is 44.1 Å². The molecule has 0 amide bonds. The van der Waals surface area contributed by atoms with Gasteiger partial charge in [-0.25, -0.2) is 9.97 Å². The van der Waals surface area contributed by atoms with Gasteiger partial charge in [0, 0.05) is 46.4 Å². The number of fused-ring (bicyclic) bond motifs is 9. The van der Waals surface area contributed by atoms with Gasteiger partial charge in [0.15, 0.2) is 5.82 Å². The second-order valence-electron chi connectivity index (χ2n) is 14.2. The number of ether oxygens (including phenoxy) is 2. The van der Waals surface area contributed by atoms with Crippen LogP contribution in [0.1, 0.15) is 5.82 Å². The van der Waals surface area contributed by atoms with Gasteiger partial charge < -0.3 is 23.2 Å². The fourth-order valence-electron chi connectivity index (χ4n) is 8.06. The van der Waals surface area contributed by atoms with Crippen LogP contribution in [0, 0.1) is 31.2 Å². The molecule has 6 heterocycles. The molecule has 0 bridgehead atoms. The van der Waals surface area contributed by atoms with Crippen molar-refractivity contribution in [2.24, 2.45) is 0 Å². The molecule has 12 aromatic rings. The SMILES string of the molecule is Cc1nnc(-n2c3[c-]c(Oc4[c-]c5c(cc4)c4ccccc4n5-c4ccccn4)ccc3c3ccc(Oc4[c-]c5c(cc4)c4ccccc4n5-c4ccccn4)[c-]c32)nn1.[Pt+2].[Pt+2]. The first kappa shape index (κ1) is 39.1. The van der Waals surface area contributed by atoms with Crippen molar-refractivity contribution in [1.29, 1.82) is 0 Å². The quantitative estimate of drug-likeness (QED) is 0.145. The zero-order valence-corrected chi connectivity index (χ0v) is 36.9. The Kier molecular flexibility index (Phi) is 9.94. The van der Waals surface area contributed by atoms with Crippen LogP contribution in [-0.4, -0.2) is 44.1 Å². The third-order valence-electron chi connectivity index (χ3n) is 10.6. The second kappa shape index (κ2) is 15.8. The summed E-state index contributed by atoms with van der Waals surface area (Å²) in [6.07, 6.45) is 3.58. The molecule has 0 radical (unpaired) electrons. The molecule has 12 rings (SSSR count). The molecule has 0 atom stereocenters. The van der Waals surface area contributed by atoms with E-state index < -0.39 is 0 Å². The van der Waals surface area contributed by atoms with E-state index in [2.05, 4.69) is 100 Å². The van der Waals surface area contributed by atoms with Crippen LogP contribution in [0.25, 0.3) is 83.0 Å². The number of hydrogen-bond donors (Lipinski definition) is 0. The fraction of sp³-hybridized carbons (Fsp3) is 0.0204. The Morgan fingerprint density at radius 2 is 0.758 bits per heavy atom. The second-order valence-corrected chi connectivity index (χ2v) is 14.2. The Morgan fingerprint density at radius 3 is 1.16 bits per heavy atom. The number of nitrogens with zero attached hydrogens (tertiary/aromatic N) is 9. The summed E-state index contributed by atoms with van der Waals surface area (Å²) in [5, 5.41) is 23.4. The van der Waals surface area contributed by atoms with Crippen molar-refractivity contribution >= 4 is 65.4 Å². The average Bonchev–Trinajstić information content (AvgIpc) is 3.92. The van der Waals surface area contributed by atoms with Gasteiger partial charge in [0.1, 0.15) is 11.6 Å². The first-order chi connectivity index (χ1) is 29.6. The standard InChI is InChI=1S/C49H27N9O2.2Pt/c1-30-52-54-49(55-53-30)58-45-28-33(59-31-16-20-37-35-10-2-4-12-41(35)56(43(37)26-31)47-14-6-8-24-50-47)18-22-39(45)40-23-19-34(29-46(40)58)60-32-17-21-38-36-11-3-5-13-42(36)57(44(38)27-32)48-15-7-9-25-51-48;;/h2-25H,1H3;;/q-4;2*+2. The van der Waals surface area contributed by atoms with E-state index in [1.165, 1.54) is 0 Å². The van der Waals surface area contributed by atoms with Crippen molar-refractivity contribution in [3.05, 3.63) is 176 Å². The van der Waals surface area contributed by atoms with Gasteiger partial charge >= 0.3 is 42.1 Å². The van der Waals surface area contributed by atoms with Crippen LogP contribution in [0.5, 0.6) is 23.0 Å². The third kappa shape index (κ3) is 6.44. The number of aryl methyl sites for hydroxylation is 1. The molecule has 0 fully saturated rings. The number of benzene rings is 6. The summed E-state index contributed by atoms with van der Waals surface area (Å²) >= 11 is 0. The van der Waals surface area contributed by atoms with Gasteiger partial charge in [0.2, 0.25) is 0 Å². The first-order valence-electron chi connectivity index (χ1n) is 19.2. The summed E-state index contributed by atoms with van der Waals surface area (Å²) in [4.78, 5) is 9.31. The van der Waals surface area contributed by atoms with E-state index in [0.717, 1.165) is 66.0 Å². The molecule has 0 spiro atoms. The topological polar surface area (TPSA) is 111 Å². The van der Waals surface area contributed by atoms with E-state index in [1.54, 1.807) is 19.3 Å². The zero-order chi connectivity index (χ0) is 39.7. The predicted octanol–water partition coefficient (Wildman–Crippen LogP) is 10.4. The smallest absolute Gasteiger partial charge is 0.509 e. The Hall–Kier alpha value is -7.06.